The van der Waals surface area contributed by atoms with Crippen LogP contribution < -0.4 is 11.3 Å². The lowest BCUT2D eigenvalue weighted by Gasteiger charge is -2.38. The minimum Gasteiger partial charge on any atom is -0.373 e. The molecule has 5 nitrogen and oxygen atoms in total. The standard InChI is InChI=1S/C10H21N3O2/c1-10(2)8-13(6-7-15-10)5-3-4-9(14)12-11/h3-8,11H2,1-2H3,(H,12,14). The highest BCUT2D eigenvalue weighted by molar-refractivity contribution is 5.75. The van der Waals surface area contributed by atoms with Crippen LogP contribution >= 0.6 is 0 Å². The van der Waals surface area contributed by atoms with Crippen molar-refractivity contribution in [1.82, 2.24) is 10.3 Å². The minimum atomic E-state index is -0.0949. The molecule has 0 bridgehead atoms. The number of hydrogen-bond acceptors (Lipinski definition) is 4. The summed E-state index contributed by atoms with van der Waals surface area (Å²) in [5.74, 6) is 4.91. The lowest BCUT2D eigenvalue weighted by molar-refractivity contribution is -0.121. The maximum atomic E-state index is 10.9. The summed E-state index contributed by atoms with van der Waals surface area (Å²) in [5, 5.41) is 0. The summed E-state index contributed by atoms with van der Waals surface area (Å²) in [6.45, 7) is 7.76. The van der Waals surface area contributed by atoms with Crippen LogP contribution in [0.5, 0.6) is 0 Å². The second-order valence-electron chi connectivity index (χ2n) is 4.56. The van der Waals surface area contributed by atoms with Crippen LogP contribution in [0.4, 0.5) is 0 Å². The molecule has 0 unspecified atom stereocenters. The van der Waals surface area contributed by atoms with Gasteiger partial charge in [0, 0.05) is 19.5 Å². The molecule has 0 aliphatic carbocycles. The van der Waals surface area contributed by atoms with Crippen LogP contribution in [0, 0.1) is 0 Å². The van der Waals surface area contributed by atoms with Crippen LogP contribution in [0.3, 0.4) is 0 Å². The fourth-order valence-corrected chi connectivity index (χ4v) is 1.84. The van der Waals surface area contributed by atoms with Gasteiger partial charge in [-0.3, -0.25) is 15.1 Å². The molecule has 0 aromatic rings. The van der Waals surface area contributed by atoms with Crippen molar-refractivity contribution in [2.24, 2.45) is 5.84 Å². The number of carbonyl (C=O) groups is 1. The highest BCUT2D eigenvalue weighted by atomic mass is 16.5. The van der Waals surface area contributed by atoms with E-state index in [1.807, 2.05) is 0 Å². The van der Waals surface area contributed by atoms with Gasteiger partial charge < -0.3 is 4.74 Å². The maximum Gasteiger partial charge on any atom is 0.233 e. The number of carbonyl (C=O) groups excluding carboxylic acids is 1. The fraction of sp³-hybridized carbons (Fsp3) is 0.900. The van der Waals surface area contributed by atoms with Gasteiger partial charge in [-0.1, -0.05) is 0 Å². The predicted molar refractivity (Wildman–Crippen MR) is 58.0 cm³/mol. The van der Waals surface area contributed by atoms with Crippen LogP contribution in [0.2, 0.25) is 0 Å². The van der Waals surface area contributed by atoms with Gasteiger partial charge >= 0.3 is 0 Å². The van der Waals surface area contributed by atoms with Gasteiger partial charge in [-0.15, -0.1) is 0 Å². The summed E-state index contributed by atoms with van der Waals surface area (Å²) < 4.78 is 5.60. The monoisotopic (exact) mass is 215 g/mol. The number of ether oxygens (including phenoxy) is 1. The molecule has 1 heterocycles. The molecule has 0 saturated carbocycles. The second kappa shape index (κ2) is 5.44. The first kappa shape index (κ1) is 12.4. The largest absolute Gasteiger partial charge is 0.373 e. The van der Waals surface area contributed by atoms with Gasteiger partial charge in [0.1, 0.15) is 0 Å². The summed E-state index contributed by atoms with van der Waals surface area (Å²) in [7, 11) is 0. The molecular formula is C10H21N3O2. The Kier molecular flexibility index (Phi) is 4.50. The summed E-state index contributed by atoms with van der Waals surface area (Å²) in [4.78, 5) is 13.2. The average molecular weight is 215 g/mol. The van der Waals surface area contributed by atoms with Gasteiger partial charge in [-0.05, 0) is 26.8 Å². The lowest BCUT2D eigenvalue weighted by Crippen LogP contribution is -2.48. The number of hydrogen-bond donors (Lipinski definition) is 2. The predicted octanol–water partition coefficient (Wildman–Crippen LogP) is -0.133. The Bertz CT molecular complexity index is 219. The molecule has 3 N–H and O–H groups in total. The van der Waals surface area contributed by atoms with E-state index in [4.69, 9.17) is 10.6 Å². The van der Waals surface area contributed by atoms with Crippen molar-refractivity contribution in [3.05, 3.63) is 0 Å². The van der Waals surface area contributed by atoms with Crippen molar-refractivity contribution in [2.45, 2.75) is 32.3 Å². The van der Waals surface area contributed by atoms with E-state index in [1.54, 1.807) is 0 Å². The van der Waals surface area contributed by atoms with E-state index < -0.39 is 0 Å². The molecule has 0 spiro atoms. The molecule has 0 aromatic carbocycles. The Hall–Kier alpha value is -0.650. The molecule has 0 radical (unpaired) electrons. The van der Waals surface area contributed by atoms with Gasteiger partial charge in [0.2, 0.25) is 5.91 Å². The summed E-state index contributed by atoms with van der Waals surface area (Å²) in [6.07, 6.45) is 1.34. The maximum absolute atomic E-state index is 10.9. The molecule has 5 heteroatoms. The number of hydrazine groups is 1. The van der Waals surface area contributed by atoms with Crippen LogP contribution in [0.15, 0.2) is 0 Å². The summed E-state index contributed by atoms with van der Waals surface area (Å²) in [6, 6.07) is 0. The molecule has 0 aromatic heterocycles. The number of nitrogens with one attached hydrogen (secondary N) is 1. The van der Waals surface area contributed by atoms with Crippen molar-refractivity contribution < 1.29 is 9.53 Å². The number of nitrogens with zero attached hydrogens (tertiary/aromatic N) is 1. The molecule has 0 atom stereocenters. The Balaban J connectivity index is 2.18. The Morgan fingerprint density at radius 1 is 1.60 bits per heavy atom. The molecule has 15 heavy (non-hydrogen) atoms. The normalized spacial score (nSPS) is 21.3. The van der Waals surface area contributed by atoms with E-state index in [9.17, 15) is 4.79 Å². The highest BCUT2D eigenvalue weighted by Crippen LogP contribution is 2.16. The molecule has 1 aliphatic heterocycles. The zero-order valence-corrected chi connectivity index (χ0v) is 9.58. The fourth-order valence-electron chi connectivity index (χ4n) is 1.84. The van der Waals surface area contributed by atoms with E-state index in [-0.39, 0.29) is 11.5 Å². The SMILES string of the molecule is CC1(C)CN(CCCC(=O)NN)CCO1. The van der Waals surface area contributed by atoms with Gasteiger partial charge in [-0.2, -0.15) is 0 Å². The molecule has 1 rings (SSSR count). The van der Waals surface area contributed by atoms with E-state index in [1.165, 1.54) is 0 Å². The lowest BCUT2D eigenvalue weighted by atomic mass is 10.1. The zero-order valence-electron chi connectivity index (χ0n) is 9.58. The van der Waals surface area contributed by atoms with Gasteiger partial charge in [-0.25, -0.2) is 5.84 Å². The third-order valence-electron chi connectivity index (χ3n) is 2.54. The topological polar surface area (TPSA) is 67.6 Å². The van der Waals surface area contributed by atoms with Crippen molar-refractivity contribution in [3.8, 4) is 0 Å². The third kappa shape index (κ3) is 4.59. The van der Waals surface area contributed by atoms with Crippen molar-refractivity contribution in [1.29, 1.82) is 0 Å². The highest BCUT2D eigenvalue weighted by Gasteiger charge is 2.26. The quantitative estimate of drug-likeness (QED) is 0.389. The van der Waals surface area contributed by atoms with Gasteiger partial charge in [0.15, 0.2) is 0 Å². The first-order valence-corrected chi connectivity index (χ1v) is 5.39. The van der Waals surface area contributed by atoms with Crippen LogP contribution in [-0.2, 0) is 9.53 Å². The van der Waals surface area contributed by atoms with Crippen molar-refractivity contribution >= 4 is 5.91 Å². The van der Waals surface area contributed by atoms with Gasteiger partial charge in [0.25, 0.3) is 0 Å². The van der Waals surface area contributed by atoms with Gasteiger partial charge in [0.05, 0.1) is 12.2 Å². The molecule has 1 aliphatic rings. The summed E-state index contributed by atoms with van der Waals surface area (Å²) >= 11 is 0. The van der Waals surface area contributed by atoms with E-state index in [2.05, 4.69) is 24.2 Å². The Morgan fingerprint density at radius 3 is 2.93 bits per heavy atom. The second-order valence-corrected chi connectivity index (χ2v) is 4.56. The van der Waals surface area contributed by atoms with E-state index in [0.717, 1.165) is 32.7 Å². The number of rotatable bonds is 4. The molecule has 88 valence electrons. The number of amides is 1. The van der Waals surface area contributed by atoms with Crippen molar-refractivity contribution in [3.63, 3.8) is 0 Å². The van der Waals surface area contributed by atoms with Crippen LogP contribution in [-0.4, -0.2) is 42.6 Å². The van der Waals surface area contributed by atoms with Crippen molar-refractivity contribution in [2.75, 3.05) is 26.2 Å². The Labute approximate surface area is 90.9 Å². The zero-order chi connectivity index (χ0) is 11.3. The molecular weight excluding hydrogens is 194 g/mol. The smallest absolute Gasteiger partial charge is 0.233 e. The molecule has 1 fully saturated rings. The van der Waals surface area contributed by atoms with Crippen LogP contribution in [0.1, 0.15) is 26.7 Å². The first-order chi connectivity index (χ1) is 7.03. The summed E-state index contributed by atoms with van der Waals surface area (Å²) in [5.41, 5.74) is 2.08. The third-order valence-corrected chi connectivity index (χ3v) is 2.54. The minimum absolute atomic E-state index is 0.0611. The van der Waals surface area contributed by atoms with Crippen LogP contribution in [0.25, 0.3) is 0 Å². The van der Waals surface area contributed by atoms with E-state index >= 15 is 0 Å². The van der Waals surface area contributed by atoms with E-state index in [0.29, 0.717) is 6.42 Å². The Morgan fingerprint density at radius 2 is 2.33 bits per heavy atom. The first-order valence-electron chi connectivity index (χ1n) is 5.39. The molecule has 1 amide bonds. The number of nitrogens with two attached hydrogens (primary N) is 1. The average Bonchev–Trinajstić information content (AvgIpc) is 2.16. The number of morpholine rings is 1. The molecule has 1 saturated heterocycles.